The van der Waals surface area contributed by atoms with Gasteiger partial charge in [-0.05, 0) is 35.9 Å². The average molecular weight is 405 g/mol. The number of benzene rings is 2. The second-order valence-electron chi connectivity index (χ2n) is 4.65. The molecule has 0 atom stereocenters. The molecule has 0 fully saturated rings. The Morgan fingerprint density at radius 3 is 2.52 bits per heavy atom. The maximum Gasteiger partial charge on any atom is 0.150 e. The fourth-order valence-electron chi connectivity index (χ4n) is 1.92. The molecule has 0 saturated heterocycles. The zero-order chi connectivity index (χ0) is 16.4. The Kier molecular flexibility index (Phi) is 5.49. The van der Waals surface area contributed by atoms with E-state index < -0.39 is 0 Å². The van der Waals surface area contributed by atoms with Crippen molar-refractivity contribution in [3.8, 4) is 11.3 Å². The van der Waals surface area contributed by atoms with E-state index in [1.54, 1.807) is 24.3 Å². The molecule has 1 heterocycles. The molecule has 1 nitrogen and oxygen atoms in total. The van der Waals surface area contributed by atoms with Gasteiger partial charge in [-0.25, -0.2) is 9.37 Å². The van der Waals surface area contributed by atoms with Crippen LogP contribution in [0.25, 0.3) is 11.3 Å². The Morgan fingerprint density at radius 1 is 1.04 bits per heavy atom. The molecule has 0 unspecified atom stereocenters. The van der Waals surface area contributed by atoms with Crippen LogP contribution in [-0.4, -0.2) is 4.98 Å². The number of halogens is 4. The van der Waals surface area contributed by atoms with Crippen molar-refractivity contribution in [3.63, 3.8) is 0 Å². The number of rotatable bonds is 4. The fraction of sp³-hybridized carbons (Fsp3) is 0.0625. The summed E-state index contributed by atoms with van der Waals surface area (Å²) in [4.78, 5) is 4.54. The van der Waals surface area contributed by atoms with E-state index in [9.17, 15) is 4.39 Å². The third kappa shape index (κ3) is 4.20. The van der Waals surface area contributed by atoms with Crippen molar-refractivity contribution in [1.29, 1.82) is 0 Å². The van der Waals surface area contributed by atoms with Crippen molar-refractivity contribution in [2.75, 3.05) is 0 Å². The first-order chi connectivity index (χ1) is 11.0. The third-order valence-corrected chi connectivity index (χ3v) is 5.91. The third-order valence-electron chi connectivity index (χ3n) is 3.06. The highest BCUT2D eigenvalue weighted by molar-refractivity contribution is 8.00. The van der Waals surface area contributed by atoms with Crippen molar-refractivity contribution in [1.82, 2.24) is 4.98 Å². The topological polar surface area (TPSA) is 12.9 Å². The molecular weight excluding hydrogens is 396 g/mol. The lowest BCUT2D eigenvalue weighted by Gasteiger charge is -2.02. The van der Waals surface area contributed by atoms with Crippen molar-refractivity contribution in [3.05, 3.63) is 68.2 Å². The zero-order valence-corrected chi connectivity index (χ0v) is 15.4. The first kappa shape index (κ1) is 17.1. The second kappa shape index (κ2) is 7.41. The molecule has 1 aromatic heterocycles. The van der Waals surface area contributed by atoms with Crippen molar-refractivity contribution < 1.29 is 4.39 Å². The number of hydrogen-bond donors (Lipinski definition) is 0. The average Bonchev–Trinajstić information content (AvgIpc) is 2.95. The number of thiazole rings is 1. The molecule has 0 aliphatic rings. The van der Waals surface area contributed by atoms with Gasteiger partial charge in [0.05, 0.1) is 10.7 Å². The predicted molar refractivity (Wildman–Crippen MR) is 98.5 cm³/mol. The van der Waals surface area contributed by atoms with Crippen molar-refractivity contribution in [2.24, 2.45) is 0 Å². The lowest BCUT2D eigenvalue weighted by Crippen LogP contribution is -1.87. The molecular formula is C16H9Cl3FNS2. The van der Waals surface area contributed by atoms with Crippen LogP contribution in [0.1, 0.15) is 5.56 Å². The van der Waals surface area contributed by atoms with Crippen LogP contribution >= 0.6 is 57.9 Å². The standard InChI is InChI=1S/C16H9Cl3FNS2/c17-10-3-4-12(13(19)5-10)15-8-23-16(21-15)22-7-9-1-2-11(18)6-14(9)20/h1-6,8H,7H2. The van der Waals surface area contributed by atoms with Gasteiger partial charge in [0, 0.05) is 26.7 Å². The van der Waals surface area contributed by atoms with Gasteiger partial charge in [0.15, 0.2) is 4.34 Å². The molecule has 2 aromatic carbocycles. The van der Waals surface area contributed by atoms with E-state index >= 15 is 0 Å². The first-order valence-corrected chi connectivity index (χ1v) is 9.50. The van der Waals surface area contributed by atoms with E-state index in [1.165, 1.54) is 29.2 Å². The van der Waals surface area contributed by atoms with Gasteiger partial charge in [-0.1, -0.05) is 52.6 Å². The minimum atomic E-state index is -0.303. The number of thioether (sulfide) groups is 1. The Bertz CT molecular complexity index is 851. The maximum atomic E-state index is 13.8. The van der Waals surface area contributed by atoms with Gasteiger partial charge in [0.1, 0.15) is 5.82 Å². The van der Waals surface area contributed by atoms with Crippen LogP contribution in [0.3, 0.4) is 0 Å². The summed E-state index contributed by atoms with van der Waals surface area (Å²) in [7, 11) is 0. The minimum Gasteiger partial charge on any atom is -0.230 e. The zero-order valence-electron chi connectivity index (χ0n) is 11.5. The summed E-state index contributed by atoms with van der Waals surface area (Å²) < 4.78 is 14.6. The number of nitrogens with zero attached hydrogens (tertiary/aromatic N) is 1. The monoisotopic (exact) mass is 403 g/mol. The van der Waals surface area contributed by atoms with Crippen LogP contribution < -0.4 is 0 Å². The van der Waals surface area contributed by atoms with Crippen LogP contribution in [0.5, 0.6) is 0 Å². The van der Waals surface area contributed by atoms with Gasteiger partial charge < -0.3 is 0 Å². The fourth-order valence-corrected chi connectivity index (χ4v) is 4.40. The molecule has 0 spiro atoms. The van der Waals surface area contributed by atoms with Gasteiger partial charge in [-0.2, -0.15) is 0 Å². The maximum absolute atomic E-state index is 13.8. The molecule has 7 heteroatoms. The predicted octanol–water partition coefficient (Wildman–Crippen LogP) is 7.20. The highest BCUT2D eigenvalue weighted by atomic mass is 35.5. The largest absolute Gasteiger partial charge is 0.230 e. The number of hydrogen-bond acceptors (Lipinski definition) is 3. The lowest BCUT2D eigenvalue weighted by atomic mass is 10.2. The normalized spacial score (nSPS) is 11.0. The first-order valence-electron chi connectivity index (χ1n) is 6.50. The molecule has 0 amide bonds. The van der Waals surface area contributed by atoms with E-state index in [0.717, 1.165) is 15.6 Å². The highest BCUT2D eigenvalue weighted by Gasteiger charge is 2.10. The molecule has 118 valence electrons. The summed E-state index contributed by atoms with van der Waals surface area (Å²) in [5.74, 6) is 0.187. The molecule has 0 aliphatic heterocycles. The van der Waals surface area contributed by atoms with Crippen LogP contribution in [0, 0.1) is 5.82 Å². The molecule has 0 bridgehead atoms. The van der Waals surface area contributed by atoms with Crippen molar-refractivity contribution >= 4 is 57.9 Å². The molecule has 0 aliphatic carbocycles. The summed E-state index contributed by atoms with van der Waals surface area (Å²) in [6.45, 7) is 0. The summed E-state index contributed by atoms with van der Waals surface area (Å²) in [5, 5.41) is 3.46. The van der Waals surface area contributed by atoms with E-state index in [-0.39, 0.29) is 5.82 Å². The smallest absolute Gasteiger partial charge is 0.150 e. The molecule has 0 N–H and O–H groups in total. The van der Waals surface area contributed by atoms with E-state index in [0.29, 0.717) is 26.4 Å². The minimum absolute atomic E-state index is 0.303. The Hall–Kier alpha value is -0.780. The van der Waals surface area contributed by atoms with Crippen molar-refractivity contribution in [2.45, 2.75) is 10.1 Å². The van der Waals surface area contributed by atoms with Gasteiger partial charge in [0.2, 0.25) is 0 Å². The molecule has 3 rings (SSSR count). The van der Waals surface area contributed by atoms with Gasteiger partial charge in [0.25, 0.3) is 0 Å². The van der Waals surface area contributed by atoms with Gasteiger partial charge >= 0.3 is 0 Å². The van der Waals surface area contributed by atoms with Crippen LogP contribution in [0.4, 0.5) is 4.39 Å². The molecule has 0 saturated carbocycles. The summed E-state index contributed by atoms with van der Waals surface area (Å²) >= 11 is 20.8. The van der Waals surface area contributed by atoms with E-state index in [4.69, 9.17) is 34.8 Å². The Balaban J connectivity index is 1.74. The molecule has 3 aromatic rings. The second-order valence-corrected chi connectivity index (χ2v) is 8.01. The molecule has 0 radical (unpaired) electrons. The SMILES string of the molecule is Fc1cc(Cl)ccc1CSc1nc(-c2ccc(Cl)cc2Cl)cs1. The molecule has 23 heavy (non-hydrogen) atoms. The van der Waals surface area contributed by atoms with Crippen LogP contribution in [-0.2, 0) is 5.75 Å². The Morgan fingerprint density at radius 2 is 1.78 bits per heavy atom. The summed E-state index contributed by atoms with van der Waals surface area (Å²) in [6, 6.07) is 9.99. The highest BCUT2D eigenvalue weighted by Crippen LogP contribution is 2.34. The van der Waals surface area contributed by atoms with Crippen LogP contribution in [0.2, 0.25) is 15.1 Å². The quantitative estimate of drug-likeness (QED) is 0.426. The Labute approximate surface area is 156 Å². The van der Waals surface area contributed by atoms with Crippen LogP contribution in [0.15, 0.2) is 46.1 Å². The van der Waals surface area contributed by atoms with E-state index in [2.05, 4.69) is 4.98 Å². The summed E-state index contributed by atoms with van der Waals surface area (Å²) in [6.07, 6.45) is 0. The lowest BCUT2D eigenvalue weighted by molar-refractivity contribution is 0.617. The van der Waals surface area contributed by atoms with E-state index in [1.807, 2.05) is 11.4 Å². The summed E-state index contributed by atoms with van der Waals surface area (Å²) in [5.41, 5.74) is 2.22. The van der Waals surface area contributed by atoms with Gasteiger partial charge in [-0.15, -0.1) is 11.3 Å². The number of aromatic nitrogens is 1. The van der Waals surface area contributed by atoms with Gasteiger partial charge in [-0.3, -0.25) is 0 Å².